The summed E-state index contributed by atoms with van der Waals surface area (Å²) in [6, 6.07) is 0. The van der Waals surface area contributed by atoms with Crippen LogP contribution in [0.15, 0.2) is 17.2 Å². The van der Waals surface area contributed by atoms with E-state index in [1.54, 1.807) is 17.0 Å². The third-order valence-corrected chi connectivity index (χ3v) is 3.46. The van der Waals surface area contributed by atoms with Crippen LogP contribution in [0.4, 0.5) is 5.82 Å². The Morgan fingerprint density at radius 1 is 1.56 bits per heavy atom. The number of aliphatic hydroxyl groups excluding tert-OH is 1. The predicted octanol–water partition coefficient (Wildman–Crippen LogP) is 0.860. The molecule has 0 aromatic carbocycles. The van der Waals surface area contributed by atoms with Gasteiger partial charge in [-0.3, -0.25) is 4.79 Å². The summed E-state index contributed by atoms with van der Waals surface area (Å²) in [7, 11) is 1.89. The number of anilines is 1. The van der Waals surface area contributed by atoms with Crippen LogP contribution >= 0.6 is 0 Å². The largest absolute Gasteiger partial charge is 0.393 e. The smallest absolute Gasteiger partial charge is 0.293 e. The second-order valence-corrected chi connectivity index (χ2v) is 5.12. The fraction of sp³-hybridized carbons (Fsp3) is 0.692. The molecule has 100 valence electrons. The maximum atomic E-state index is 12.2. The zero-order chi connectivity index (χ0) is 13.1. The number of nitrogens with zero attached hydrogens (tertiary/aromatic N) is 3. The second-order valence-electron chi connectivity index (χ2n) is 5.12. The van der Waals surface area contributed by atoms with Gasteiger partial charge in [0.2, 0.25) is 0 Å². The molecule has 1 heterocycles. The molecule has 1 saturated carbocycles. The summed E-state index contributed by atoms with van der Waals surface area (Å²) in [5.41, 5.74) is -0.0262. The first kappa shape index (κ1) is 13.1. The quantitative estimate of drug-likeness (QED) is 0.843. The van der Waals surface area contributed by atoms with E-state index in [2.05, 4.69) is 4.98 Å². The normalized spacial score (nSPS) is 22.6. The van der Waals surface area contributed by atoms with Crippen molar-refractivity contribution in [3.8, 4) is 0 Å². The SMILES string of the molecule is CCCn1ccnc(N(C)CC2CC(O)C2)c1=O. The van der Waals surface area contributed by atoms with Gasteiger partial charge in [0.1, 0.15) is 0 Å². The van der Waals surface area contributed by atoms with Crippen LogP contribution in [0.3, 0.4) is 0 Å². The van der Waals surface area contributed by atoms with Gasteiger partial charge in [0.15, 0.2) is 5.82 Å². The van der Waals surface area contributed by atoms with Crippen molar-refractivity contribution in [2.75, 3.05) is 18.5 Å². The summed E-state index contributed by atoms with van der Waals surface area (Å²) in [6.45, 7) is 3.56. The maximum Gasteiger partial charge on any atom is 0.293 e. The summed E-state index contributed by atoms with van der Waals surface area (Å²) in [5.74, 6) is 0.985. The van der Waals surface area contributed by atoms with Crippen LogP contribution in [0.25, 0.3) is 0 Å². The first-order valence-electron chi connectivity index (χ1n) is 6.56. The van der Waals surface area contributed by atoms with Crippen molar-refractivity contribution in [3.63, 3.8) is 0 Å². The Morgan fingerprint density at radius 3 is 2.89 bits per heavy atom. The van der Waals surface area contributed by atoms with Gasteiger partial charge in [-0.2, -0.15) is 0 Å². The number of rotatable bonds is 5. The molecule has 0 aliphatic heterocycles. The second kappa shape index (κ2) is 5.52. The molecule has 1 fully saturated rings. The lowest BCUT2D eigenvalue weighted by atomic mass is 9.82. The highest BCUT2D eigenvalue weighted by Gasteiger charge is 2.28. The molecule has 0 atom stereocenters. The number of hydrogen-bond acceptors (Lipinski definition) is 4. The minimum absolute atomic E-state index is 0.0262. The van der Waals surface area contributed by atoms with Crippen LogP contribution in [0.2, 0.25) is 0 Å². The zero-order valence-corrected chi connectivity index (χ0v) is 11.0. The first-order chi connectivity index (χ1) is 8.61. The summed E-state index contributed by atoms with van der Waals surface area (Å²) >= 11 is 0. The lowest BCUT2D eigenvalue weighted by Gasteiger charge is -2.34. The van der Waals surface area contributed by atoms with Gasteiger partial charge in [0.05, 0.1) is 6.10 Å². The molecule has 1 aromatic heterocycles. The van der Waals surface area contributed by atoms with Gasteiger partial charge in [-0.25, -0.2) is 4.98 Å². The maximum absolute atomic E-state index is 12.2. The Labute approximate surface area is 107 Å². The van der Waals surface area contributed by atoms with Crippen molar-refractivity contribution in [2.45, 2.75) is 38.8 Å². The Kier molecular flexibility index (Phi) is 4.01. The van der Waals surface area contributed by atoms with Gasteiger partial charge >= 0.3 is 0 Å². The molecule has 1 aromatic rings. The third-order valence-electron chi connectivity index (χ3n) is 3.46. The van der Waals surface area contributed by atoms with Gasteiger partial charge in [-0.05, 0) is 25.2 Å². The van der Waals surface area contributed by atoms with E-state index >= 15 is 0 Å². The first-order valence-corrected chi connectivity index (χ1v) is 6.56. The molecule has 5 nitrogen and oxygen atoms in total. The van der Waals surface area contributed by atoms with Gasteiger partial charge in [0.25, 0.3) is 5.56 Å². The zero-order valence-electron chi connectivity index (χ0n) is 11.0. The van der Waals surface area contributed by atoms with Crippen molar-refractivity contribution in [1.29, 1.82) is 0 Å². The Morgan fingerprint density at radius 2 is 2.28 bits per heavy atom. The molecule has 1 N–H and O–H groups in total. The molecule has 2 rings (SSSR count). The molecule has 0 radical (unpaired) electrons. The fourth-order valence-corrected chi connectivity index (χ4v) is 2.44. The highest BCUT2D eigenvalue weighted by Crippen LogP contribution is 2.28. The minimum atomic E-state index is -0.149. The minimum Gasteiger partial charge on any atom is -0.393 e. The predicted molar refractivity (Wildman–Crippen MR) is 70.8 cm³/mol. The lowest BCUT2D eigenvalue weighted by molar-refractivity contribution is 0.0464. The van der Waals surface area contributed by atoms with Gasteiger partial charge in [-0.15, -0.1) is 0 Å². The number of aromatic nitrogens is 2. The summed E-state index contributed by atoms with van der Waals surface area (Å²) < 4.78 is 1.70. The van der Waals surface area contributed by atoms with Crippen LogP contribution in [0, 0.1) is 5.92 Å². The van der Waals surface area contributed by atoms with Crippen LogP contribution in [0.1, 0.15) is 26.2 Å². The number of aryl methyl sites for hydroxylation is 1. The van der Waals surface area contributed by atoms with Crippen molar-refractivity contribution >= 4 is 5.82 Å². The standard InChI is InChI=1S/C13H21N3O2/c1-3-5-16-6-4-14-12(13(16)18)15(2)9-10-7-11(17)8-10/h4,6,10-11,17H,3,5,7-9H2,1-2H3. The van der Waals surface area contributed by atoms with Crippen molar-refractivity contribution in [3.05, 3.63) is 22.7 Å². The van der Waals surface area contributed by atoms with E-state index in [1.165, 1.54) is 0 Å². The molecule has 1 aliphatic carbocycles. The molecule has 18 heavy (non-hydrogen) atoms. The highest BCUT2D eigenvalue weighted by atomic mass is 16.3. The third kappa shape index (κ3) is 2.72. The van der Waals surface area contributed by atoms with E-state index in [9.17, 15) is 9.90 Å². The molecule has 0 spiro atoms. The van der Waals surface area contributed by atoms with E-state index in [-0.39, 0.29) is 11.7 Å². The van der Waals surface area contributed by atoms with Crippen molar-refractivity contribution < 1.29 is 5.11 Å². The van der Waals surface area contributed by atoms with Crippen LogP contribution in [-0.4, -0.2) is 34.4 Å². The van der Waals surface area contributed by atoms with E-state index in [4.69, 9.17) is 0 Å². The van der Waals surface area contributed by atoms with E-state index in [0.29, 0.717) is 11.7 Å². The van der Waals surface area contributed by atoms with Gasteiger partial charge in [0, 0.05) is 32.5 Å². The Balaban J connectivity index is 2.07. The average molecular weight is 251 g/mol. The van der Waals surface area contributed by atoms with Crippen LogP contribution in [-0.2, 0) is 6.54 Å². The number of hydrogen-bond donors (Lipinski definition) is 1. The molecular formula is C13H21N3O2. The molecule has 5 heteroatoms. The summed E-state index contributed by atoms with van der Waals surface area (Å²) in [6.07, 6.45) is 5.86. The average Bonchev–Trinajstić information content (AvgIpc) is 2.30. The van der Waals surface area contributed by atoms with Crippen LogP contribution in [0.5, 0.6) is 0 Å². The van der Waals surface area contributed by atoms with E-state index in [1.807, 2.05) is 18.9 Å². The van der Waals surface area contributed by atoms with Crippen LogP contribution < -0.4 is 10.5 Å². The summed E-state index contributed by atoms with van der Waals surface area (Å²) in [5, 5.41) is 9.27. The molecule has 1 aliphatic rings. The van der Waals surface area contributed by atoms with Gasteiger partial charge < -0.3 is 14.6 Å². The monoisotopic (exact) mass is 251 g/mol. The van der Waals surface area contributed by atoms with Crippen molar-refractivity contribution in [2.24, 2.45) is 5.92 Å². The van der Waals surface area contributed by atoms with E-state index in [0.717, 1.165) is 32.4 Å². The topological polar surface area (TPSA) is 58.4 Å². The summed E-state index contributed by atoms with van der Waals surface area (Å²) in [4.78, 5) is 18.3. The Bertz CT molecular complexity index is 452. The molecule has 0 saturated heterocycles. The van der Waals surface area contributed by atoms with Gasteiger partial charge in [-0.1, -0.05) is 6.92 Å². The molecule has 0 bridgehead atoms. The Hall–Kier alpha value is -1.36. The molecule has 0 unspecified atom stereocenters. The molecule has 0 amide bonds. The fourth-order valence-electron chi connectivity index (χ4n) is 2.44. The molecular weight excluding hydrogens is 230 g/mol. The highest BCUT2D eigenvalue weighted by molar-refractivity contribution is 5.34. The lowest BCUT2D eigenvalue weighted by Crippen LogP contribution is -2.39. The number of aliphatic hydroxyl groups is 1. The van der Waals surface area contributed by atoms with Crippen molar-refractivity contribution in [1.82, 2.24) is 9.55 Å². The van der Waals surface area contributed by atoms with E-state index < -0.39 is 0 Å².